The molecule has 1 amide bonds. The number of carbonyl (C=O) groups excluding carboxylic acids is 1. The smallest absolute Gasteiger partial charge is 0.252 e. The van der Waals surface area contributed by atoms with Crippen molar-refractivity contribution in [1.29, 1.82) is 0 Å². The van der Waals surface area contributed by atoms with Crippen molar-refractivity contribution in [2.45, 2.75) is 52.7 Å². The van der Waals surface area contributed by atoms with Gasteiger partial charge in [-0.2, -0.15) is 10.1 Å². The van der Waals surface area contributed by atoms with Crippen LogP contribution in [0.1, 0.15) is 45.2 Å². The Hall–Kier alpha value is -3.49. The average molecular weight is 452 g/mol. The summed E-state index contributed by atoms with van der Waals surface area (Å²) in [6, 6.07) is 6.41. The van der Waals surface area contributed by atoms with Gasteiger partial charge < -0.3 is 15.1 Å². The van der Waals surface area contributed by atoms with Gasteiger partial charge in [-0.25, -0.2) is 9.37 Å². The molecule has 1 atom stereocenters. The first-order valence-corrected chi connectivity index (χ1v) is 11.4. The molecule has 0 bridgehead atoms. The summed E-state index contributed by atoms with van der Waals surface area (Å²) in [5.74, 6) is 1.11. The number of benzene rings is 1. The zero-order valence-corrected chi connectivity index (χ0v) is 19.5. The number of rotatable bonds is 8. The van der Waals surface area contributed by atoms with Gasteiger partial charge in [0.1, 0.15) is 17.0 Å². The molecule has 9 heteroatoms. The van der Waals surface area contributed by atoms with Gasteiger partial charge in [0.15, 0.2) is 5.82 Å². The second-order valence-electron chi connectivity index (χ2n) is 8.35. The minimum absolute atomic E-state index is 0.0831. The van der Waals surface area contributed by atoms with Gasteiger partial charge in [-0.3, -0.25) is 9.48 Å². The molecule has 1 aliphatic rings. The number of anilines is 3. The van der Waals surface area contributed by atoms with Crippen LogP contribution in [0.3, 0.4) is 0 Å². The molecular weight excluding hydrogens is 421 g/mol. The fraction of sp³-hybridized carbons (Fsp3) is 0.417. The lowest BCUT2D eigenvalue weighted by atomic mass is 9.91. The first-order valence-electron chi connectivity index (χ1n) is 11.4. The molecule has 174 valence electrons. The lowest BCUT2D eigenvalue weighted by molar-refractivity contribution is -0.123. The number of fused-ring (bicyclic) bond motifs is 1. The average Bonchev–Trinajstić information content (AvgIpc) is 3.27. The van der Waals surface area contributed by atoms with E-state index in [9.17, 15) is 9.18 Å². The maximum absolute atomic E-state index is 13.2. The summed E-state index contributed by atoms with van der Waals surface area (Å²) in [5.41, 5.74) is 2.07. The molecule has 2 aromatic heterocycles. The van der Waals surface area contributed by atoms with E-state index >= 15 is 0 Å². The minimum Gasteiger partial charge on any atom is -0.350 e. The van der Waals surface area contributed by atoms with Gasteiger partial charge in [-0.1, -0.05) is 19.1 Å². The predicted molar refractivity (Wildman–Crippen MR) is 127 cm³/mol. The van der Waals surface area contributed by atoms with E-state index in [1.54, 1.807) is 29.4 Å². The molecule has 0 aliphatic carbocycles. The first-order chi connectivity index (χ1) is 15.9. The largest absolute Gasteiger partial charge is 0.350 e. The number of nitrogens with one attached hydrogen (secondary N) is 1. The highest BCUT2D eigenvalue weighted by Crippen LogP contribution is 2.40. The summed E-state index contributed by atoms with van der Waals surface area (Å²) in [5, 5.41) is 7.67. The maximum atomic E-state index is 13.2. The topological polar surface area (TPSA) is 79.2 Å². The van der Waals surface area contributed by atoms with Crippen molar-refractivity contribution in [3.8, 4) is 0 Å². The van der Waals surface area contributed by atoms with E-state index in [2.05, 4.69) is 20.3 Å². The quantitative estimate of drug-likeness (QED) is 0.561. The second-order valence-corrected chi connectivity index (χ2v) is 8.35. The van der Waals surface area contributed by atoms with E-state index in [0.29, 0.717) is 38.5 Å². The fourth-order valence-corrected chi connectivity index (χ4v) is 4.29. The predicted octanol–water partition coefficient (Wildman–Crippen LogP) is 3.83. The molecule has 3 aromatic rings. The van der Waals surface area contributed by atoms with Crippen LogP contribution in [0.4, 0.5) is 21.8 Å². The molecular formula is C24H30FN7O. The van der Waals surface area contributed by atoms with Gasteiger partial charge in [0.05, 0.1) is 18.9 Å². The van der Waals surface area contributed by atoms with Crippen LogP contribution in [0.2, 0.25) is 0 Å². The van der Waals surface area contributed by atoms with Gasteiger partial charge in [-0.15, -0.1) is 0 Å². The highest BCUT2D eigenvalue weighted by Gasteiger charge is 2.46. The molecule has 0 radical (unpaired) electrons. The van der Waals surface area contributed by atoms with E-state index in [-0.39, 0.29) is 11.7 Å². The highest BCUT2D eigenvalue weighted by atomic mass is 19.1. The van der Waals surface area contributed by atoms with E-state index < -0.39 is 5.54 Å². The molecule has 0 unspecified atom stereocenters. The minimum atomic E-state index is -0.634. The third-order valence-electron chi connectivity index (χ3n) is 6.31. The Kier molecular flexibility index (Phi) is 6.31. The molecule has 8 nitrogen and oxygen atoms in total. The molecule has 33 heavy (non-hydrogen) atoms. The van der Waals surface area contributed by atoms with E-state index in [4.69, 9.17) is 4.98 Å². The van der Waals surface area contributed by atoms with Gasteiger partial charge in [0.25, 0.3) is 5.91 Å². The number of carbonyl (C=O) groups is 1. The Labute approximate surface area is 193 Å². The molecule has 3 heterocycles. The summed E-state index contributed by atoms with van der Waals surface area (Å²) in [6.45, 7) is 10.3. The first kappa shape index (κ1) is 22.7. The molecule has 0 spiro atoms. The second kappa shape index (κ2) is 9.17. The third-order valence-corrected chi connectivity index (χ3v) is 6.31. The molecule has 1 aromatic carbocycles. The Balaban J connectivity index is 1.50. The van der Waals surface area contributed by atoms with Crippen LogP contribution in [-0.2, 0) is 17.9 Å². The highest BCUT2D eigenvalue weighted by molar-refractivity contribution is 6.07. The van der Waals surface area contributed by atoms with Crippen molar-refractivity contribution in [2.24, 2.45) is 0 Å². The van der Waals surface area contributed by atoms with Crippen LogP contribution in [0, 0.1) is 5.82 Å². The van der Waals surface area contributed by atoms with Gasteiger partial charge in [-0.05, 0) is 44.9 Å². The van der Waals surface area contributed by atoms with Crippen molar-refractivity contribution in [2.75, 3.05) is 28.2 Å². The Morgan fingerprint density at radius 2 is 1.82 bits per heavy atom. The summed E-state index contributed by atoms with van der Waals surface area (Å²) < 4.78 is 14.9. The molecule has 0 fully saturated rings. The molecule has 4 rings (SSSR count). The third kappa shape index (κ3) is 4.27. The van der Waals surface area contributed by atoms with Crippen molar-refractivity contribution >= 4 is 23.4 Å². The maximum Gasteiger partial charge on any atom is 0.252 e. The van der Waals surface area contributed by atoms with E-state index in [0.717, 1.165) is 22.6 Å². The van der Waals surface area contributed by atoms with E-state index in [1.807, 2.05) is 38.6 Å². The van der Waals surface area contributed by atoms with Crippen LogP contribution < -0.4 is 15.1 Å². The number of aromatic nitrogens is 4. The standard InChI is InChI=1S/C24H30FN7O/c1-5-24(4)22(33)31(6-2)20-14-27-23(29-21(20)32(24)7-3)26-12-18-13-28-30(16-18)15-17-8-10-19(25)11-9-17/h8-11,13-14,16H,5-7,12,15H2,1-4H3,(H,26,27,29)/t24-/m0/s1. The van der Waals surface area contributed by atoms with Gasteiger partial charge in [0.2, 0.25) is 5.95 Å². The Bertz CT molecular complexity index is 1130. The van der Waals surface area contributed by atoms with Crippen molar-refractivity contribution in [3.63, 3.8) is 0 Å². The monoisotopic (exact) mass is 451 g/mol. The number of hydrogen-bond donors (Lipinski definition) is 1. The summed E-state index contributed by atoms with van der Waals surface area (Å²) in [4.78, 5) is 26.3. The van der Waals surface area contributed by atoms with Crippen LogP contribution >= 0.6 is 0 Å². The van der Waals surface area contributed by atoms with Crippen LogP contribution in [0.15, 0.2) is 42.9 Å². The summed E-state index contributed by atoms with van der Waals surface area (Å²) >= 11 is 0. The summed E-state index contributed by atoms with van der Waals surface area (Å²) in [7, 11) is 0. The SMILES string of the molecule is CCN1C(=O)[C@](C)(CC)N(CC)c2nc(NCc3cnn(Cc4ccc(F)cc4)c3)ncc21. The Morgan fingerprint density at radius 3 is 2.48 bits per heavy atom. The van der Waals surface area contributed by atoms with Crippen molar-refractivity contribution in [3.05, 3.63) is 59.8 Å². The number of nitrogens with zero attached hydrogens (tertiary/aromatic N) is 6. The molecule has 1 aliphatic heterocycles. The van der Waals surface area contributed by atoms with Crippen LogP contribution in [-0.4, -0.2) is 44.3 Å². The number of amides is 1. The van der Waals surface area contributed by atoms with Gasteiger partial charge >= 0.3 is 0 Å². The summed E-state index contributed by atoms with van der Waals surface area (Å²) in [6.07, 6.45) is 6.15. The van der Waals surface area contributed by atoms with Crippen molar-refractivity contribution in [1.82, 2.24) is 19.7 Å². The lowest BCUT2D eigenvalue weighted by Crippen LogP contribution is -2.62. The normalized spacial score (nSPS) is 17.9. The lowest BCUT2D eigenvalue weighted by Gasteiger charge is -2.47. The van der Waals surface area contributed by atoms with Crippen LogP contribution in [0.5, 0.6) is 0 Å². The zero-order valence-electron chi connectivity index (χ0n) is 19.5. The number of likely N-dealkylation sites (N-methyl/N-ethyl adjacent to an activating group) is 2. The number of halogens is 1. The Morgan fingerprint density at radius 1 is 1.06 bits per heavy atom. The van der Waals surface area contributed by atoms with Crippen LogP contribution in [0.25, 0.3) is 0 Å². The van der Waals surface area contributed by atoms with Gasteiger partial charge in [0, 0.05) is 31.4 Å². The van der Waals surface area contributed by atoms with Crippen molar-refractivity contribution < 1.29 is 9.18 Å². The fourth-order valence-electron chi connectivity index (χ4n) is 4.29. The molecule has 1 N–H and O–H groups in total. The van der Waals surface area contributed by atoms with E-state index in [1.165, 1.54) is 12.1 Å². The molecule has 0 saturated carbocycles. The molecule has 0 saturated heterocycles. The number of hydrogen-bond acceptors (Lipinski definition) is 6. The zero-order chi connectivity index (χ0) is 23.6.